The minimum absolute atomic E-state index is 0.815. The van der Waals surface area contributed by atoms with Crippen LogP contribution in [0.1, 0.15) is 32.1 Å². The Kier molecular flexibility index (Phi) is 5.75. The molecule has 2 fully saturated rings. The fourth-order valence-electron chi connectivity index (χ4n) is 3.18. The van der Waals surface area contributed by atoms with Crippen molar-refractivity contribution in [3.8, 4) is 0 Å². The van der Waals surface area contributed by atoms with E-state index in [1.807, 2.05) is 7.11 Å². The Balaban J connectivity index is 1.52. The van der Waals surface area contributed by atoms with Gasteiger partial charge in [-0.2, -0.15) is 0 Å². The van der Waals surface area contributed by atoms with E-state index in [1.165, 1.54) is 64.8 Å². The topological polar surface area (TPSA) is 24.5 Å². The third-order valence-electron chi connectivity index (χ3n) is 4.36. The molecule has 0 spiro atoms. The van der Waals surface area contributed by atoms with Gasteiger partial charge in [0.2, 0.25) is 0 Å². The van der Waals surface area contributed by atoms with Crippen LogP contribution in [0, 0.1) is 11.8 Å². The molecule has 0 aromatic rings. The van der Waals surface area contributed by atoms with Gasteiger partial charge >= 0.3 is 0 Å². The van der Waals surface area contributed by atoms with Gasteiger partial charge in [-0.25, -0.2) is 0 Å². The molecule has 0 aliphatic carbocycles. The monoisotopic (exact) mass is 240 g/mol. The second-order valence-corrected chi connectivity index (χ2v) is 5.74. The van der Waals surface area contributed by atoms with Crippen LogP contribution in [0.2, 0.25) is 0 Å². The first kappa shape index (κ1) is 13.3. The molecule has 17 heavy (non-hydrogen) atoms. The van der Waals surface area contributed by atoms with E-state index in [9.17, 15) is 0 Å². The molecule has 2 rings (SSSR count). The van der Waals surface area contributed by atoms with Crippen LogP contribution in [0.4, 0.5) is 0 Å². The molecule has 0 amide bonds. The lowest BCUT2D eigenvalue weighted by atomic mass is 9.97. The number of hydrogen-bond acceptors (Lipinski definition) is 3. The fourth-order valence-corrected chi connectivity index (χ4v) is 3.18. The summed E-state index contributed by atoms with van der Waals surface area (Å²) in [5.74, 6) is 1.77. The van der Waals surface area contributed by atoms with Crippen molar-refractivity contribution in [2.45, 2.75) is 32.1 Å². The summed E-state index contributed by atoms with van der Waals surface area (Å²) in [6.45, 7) is 7.36. The molecule has 2 saturated heterocycles. The van der Waals surface area contributed by atoms with Crippen molar-refractivity contribution in [3.63, 3.8) is 0 Å². The van der Waals surface area contributed by atoms with Crippen molar-refractivity contribution in [1.82, 2.24) is 10.2 Å². The molecule has 100 valence electrons. The third kappa shape index (κ3) is 4.57. The van der Waals surface area contributed by atoms with Gasteiger partial charge in [-0.05, 0) is 76.7 Å². The second-order valence-electron chi connectivity index (χ2n) is 5.74. The van der Waals surface area contributed by atoms with Gasteiger partial charge in [0.1, 0.15) is 0 Å². The molecule has 3 nitrogen and oxygen atoms in total. The number of nitrogens with one attached hydrogen (secondary N) is 1. The quantitative estimate of drug-likeness (QED) is 0.765. The Bertz CT molecular complexity index is 196. The molecule has 2 aliphatic heterocycles. The van der Waals surface area contributed by atoms with Crippen LogP contribution in [0.15, 0.2) is 0 Å². The largest absolute Gasteiger partial charge is 0.384 e. The smallest absolute Gasteiger partial charge is 0.0491 e. The van der Waals surface area contributed by atoms with Crippen molar-refractivity contribution >= 4 is 0 Å². The first-order valence-corrected chi connectivity index (χ1v) is 7.30. The average molecular weight is 240 g/mol. The molecular weight excluding hydrogens is 212 g/mol. The molecule has 1 unspecified atom stereocenters. The summed E-state index contributed by atoms with van der Waals surface area (Å²) in [5, 5.41) is 3.45. The number of likely N-dealkylation sites (tertiary alicyclic amines) is 1. The number of methoxy groups -OCH3 is 1. The predicted molar refractivity (Wildman–Crippen MR) is 71.3 cm³/mol. The SMILES string of the molecule is COCC1CCN(CCCC2CCNC2)CC1. The van der Waals surface area contributed by atoms with Crippen LogP contribution >= 0.6 is 0 Å². The fraction of sp³-hybridized carbons (Fsp3) is 1.00. The van der Waals surface area contributed by atoms with Crippen LogP contribution in [0.3, 0.4) is 0 Å². The van der Waals surface area contributed by atoms with Crippen molar-refractivity contribution in [1.29, 1.82) is 0 Å². The predicted octanol–water partition coefficient (Wildman–Crippen LogP) is 1.73. The van der Waals surface area contributed by atoms with Gasteiger partial charge in [-0.3, -0.25) is 0 Å². The first-order chi connectivity index (χ1) is 8.38. The summed E-state index contributed by atoms with van der Waals surface area (Å²) in [6.07, 6.45) is 6.87. The van der Waals surface area contributed by atoms with Gasteiger partial charge in [0.15, 0.2) is 0 Å². The number of ether oxygens (including phenoxy) is 1. The highest BCUT2D eigenvalue weighted by Gasteiger charge is 2.19. The van der Waals surface area contributed by atoms with Gasteiger partial charge in [-0.1, -0.05) is 0 Å². The second kappa shape index (κ2) is 7.34. The number of nitrogens with zero attached hydrogens (tertiary/aromatic N) is 1. The highest BCUT2D eigenvalue weighted by Crippen LogP contribution is 2.19. The zero-order valence-electron chi connectivity index (χ0n) is 11.3. The highest BCUT2D eigenvalue weighted by molar-refractivity contribution is 4.74. The van der Waals surface area contributed by atoms with E-state index in [0.29, 0.717) is 0 Å². The number of rotatable bonds is 6. The zero-order chi connectivity index (χ0) is 11.9. The molecule has 3 heteroatoms. The Morgan fingerprint density at radius 1 is 1.18 bits per heavy atom. The van der Waals surface area contributed by atoms with E-state index in [1.54, 1.807) is 0 Å². The maximum atomic E-state index is 5.24. The Hall–Kier alpha value is -0.120. The Morgan fingerprint density at radius 2 is 2.00 bits per heavy atom. The molecule has 0 bridgehead atoms. The van der Waals surface area contributed by atoms with Crippen LogP contribution < -0.4 is 5.32 Å². The van der Waals surface area contributed by atoms with Crippen molar-refractivity contribution in [3.05, 3.63) is 0 Å². The van der Waals surface area contributed by atoms with Crippen molar-refractivity contribution < 1.29 is 4.74 Å². The Morgan fingerprint density at radius 3 is 2.65 bits per heavy atom. The summed E-state index contributed by atoms with van der Waals surface area (Å²) in [4.78, 5) is 2.65. The van der Waals surface area contributed by atoms with Crippen LogP contribution in [0.25, 0.3) is 0 Å². The summed E-state index contributed by atoms with van der Waals surface area (Å²) in [7, 11) is 1.82. The van der Waals surface area contributed by atoms with Gasteiger partial charge in [0.05, 0.1) is 0 Å². The molecule has 1 atom stereocenters. The zero-order valence-corrected chi connectivity index (χ0v) is 11.3. The van der Waals surface area contributed by atoms with Crippen molar-refractivity contribution in [2.24, 2.45) is 11.8 Å². The third-order valence-corrected chi connectivity index (χ3v) is 4.36. The molecule has 0 aromatic heterocycles. The Labute approximate surface area is 106 Å². The maximum Gasteiger partial charge on any atom is 0.0491 e. The van der Waals surface area contributed by atoms with E-state index >= 15 is 0 Å². The lowest BCUT2D eigenvalue weighted by molar-refractivity contribution is 0.0984. The number of hydrogen-bond donors (Lipinski definition) is 1. The lowest BCUT2D eigenvalue weighted by Crippen LogP contribution is -2.35. The molecule has 2 heterocycles. The van der Waals surface area contributed by atoms with Crippen LogP contribution in [0.5, 0.6) is 0 Å². The maximum absolute atomic E-state index is 5.24. The molecule has 1 N–H and O–H groups in total. The molecule has 0 saturated carbocycles. The van der Waals surface area contributed by atoms with Crippen LogP contribution in [-0.2, 0) is 4.74 Å². The molecular formula is C14H28N2O. The first-order valence-electron chi connectivity index (χ1n) is 7.30. The van der Waals surface area contributed by atoms with E-state index in [2.05, 4.69) is 10.2 Å². The molecule has 0 aromatic carbocycles. The van der Waals surface area contributed by atoms with Gasteiger partial charge in [-0.15, -0.1) is 0 Å². The standard InChI is InChI=1S/C14H28N2O/c1-17-12-14-5-9-16(10-6-14)8-2-3-13-4-7-15-11-13/h13-15H,2-12H2,1H3. The van der Waals surface area contributed by atoms with Crippen molar-refractivity contribution in [2.75, 3.05) is 46.4 Å². The summed E-state index contributed by atoms with van der Waals surface area (Å²) < 4.78 is 5.24. The van der Waals surface area contributed by atoms with E-state index in [0.717, 1.165) is 18.4 Å². The van der Waals surface area contributed by atoms with Crippen LogP contribution in [-0.4, -0.2) is 51.3 Å². The van der Waals surface area contributed by atoms with Gasteiger partial charge in [0, 0.05) is 13.7 Å². The lowest BCUT2D eigenvalue weighted by Gasteiger charge is -2.31. The summed E-state index contributed by atoms with van der Waals surface area (Å²) in [5.41, 5.74) is 0. The van der Waals surface area contributed by atoms with E-state index in [4.69, 9.17) is 4.74 Å². The number of piperidine rings is 1. The molecule has 2 aliphatic rings. The van der Waals surface area contributed by atoms with Gasteiger partial charge in [0.25, 0.3) is 0 Å². The van der Waals surface area contributed by atoms with E-state index in [-0.39, 0.29) is 0 Å². The minimum Gasteiger partial charge on any atom is -0.384 e. The summed E-state index contributed by atoms with van der Waals surface area (Å²) in [6, 6.07) is 0. The normalized spacial score (nSPS) is 27.7. The van der Waals surface area contributed by atoms with E-state index < -0.39 is 0 Å². The minimum atomic E-state index is 0.815. The highest BCUT2D eigenvalue weighted by atomic mass is 16.5. The summed E-state index contributed by atoms with van der Waals surface area (Å²) >= 11 is 0. The average Bonchev–Trinajstić information content (AvgIpc) is 2.85. The molecule has 0 radical (unpaired) electrons. The van der Waals surface area contributed by atoms with Gasteiger partial charge < -0.3 is 15.0 Å².